The highest BCUT2D eigenvalue weighted by Gasteiger charge is 2.22. The van der Waals surface area contributed by atoms with E-state index in [0.717, 1.165) is 23.3 Å². The third-order valence-corrected chi connectivity index (χ3v) is 3.57. The number of anilines is 2. The van der Waals surface area contributed by atoms with E-state index in [1.165, 1.54) is 0 Å². The van der Waals surface area contributed by atoms with Gasteiger partial charge in [0.1, 0.15) is 11.3 Å². The lowest BCUT2D eigenvalue weighted by atomic mass is 10.0. The summed E-state index contributed by atoms with van der Waals surface area (Å²) in [5.74, 6) is 1.78. The summed E-state index contributed by atoms with van der Waals surface area (Å²) in [5, 5.41) is 3.42. The maximum absolute atomic E-state index is 5.74. The number of benzene rings is 1. The van der Waals surface area contributed by atoms with Crippen LogP contribution in [0.1, 0.15) is 18.0 Å². The molecule has 3 heterocycles. The molecule has 1 atom stereocenters. The van der Waals surface area contributed by atoms with Crippen LogP contribution in [0.3, 0.4) is 0 Å². The van der Waals surface area contributed by atoms with E-state index in [1.807, 2.05) is 18.2 Å². The van der Waals surface area contributed by atoms with E-state index in [4.69, 9.17) is 10.5 Å². The van der Waals surface area contributed by atoms with Crippen molar-refractivity contribution in [1.82, 2.24) is 19.9 Å². The molecule has 1 aliphatic rings. The summed E-state index contributed by atoms with van der Waals surface area (Å²) in [7, 11) is 0. The minimum atomic E-state index is 0.121. The van der Waals surface area contributed by atoms with Gasteiger partial charge in [0.15, 0.2) is 11.5 Å². The predicted octanol–water partition coefficient (Wildman–Crippen LogP) is 1.87. The van der Waals surface area contributed by atoms with Gasteiger partial charge in [-0.1, -0.05) is 18.2 Å². The first-order valence-corrected chi connectivity index (χ1v) is 6.76. The second-order valence-electron chi connectivity index (χ2n) is 4.90. The third-order valence-electron chi connectivity index (χ3n) is 3.57. The largest absolute Gasteiger partial charge is 0.493 e. The number of H-pyrrole nitrogens is 1. The molecule has 0 amide bonds. The highest BCUT2D eigenvalue weighted by molar-refractivity contribution is 5.83. The number of imidazole rings is 1. The molecule has 1 unspecified atom stereocenters. The van der Waals surface area contributed by atoms with Crippen LogP contribution in [0, 0.1) is 0 Å². The fraction of sp³-hybridized carbons (Fsp3) is 0.214. The van der Waals surface area contributed by atoms with Crippen molar-refractivity contribution < 1.29 is 4.74 Å². The van der Waals surface area contributed by atoms with E-state index in [-0.39, 0.29) is 12.0 Å². The number of hydrogen-bond acceptors (Lipinski definition) is 6. The van der Waals surface area contributed by atoms with Gasteiger partial charge in [-0.25, -0.2) is 4.98 Å². The van der Waals surface area contributed by atoms with Gasteiger partial charge in [0.2, 0.25) is 5.95 Å². The SMILES string of the molecule is Nc1nc(NC2CCOc3ccccc32)c2[nH]cnc2n1. The number of hydrogen-bond donors (Lipinski definition) is 3. The maximum atomic E-state index is 5.74. The Bertz CT molecular complexity index is 799. The van der Waals surface area contributed by atoms with Gasteiger partial charge in [-0.05, 0) is 6.07 Å². The topological polar surface area (TPSA) is 102 Å². The van der Waals surface area contributed by atoms with Crippen molar-refractivity contribution in [3.05, 3.63) is 36.2 Å². The Balaban J connectivity index is 1.74. The summed E-state index contributed by atoms with van der Waals surface area (Å²) in [6.07, 6.45) is 2.44. The van der Waals surface area contributed by atoms with Crippen LogP contribution >= 0.6 is 0 Å². The molecule has 3 aromatic rings. The normalized spacial score (nSPS) is 17.2. The summed E-state index contributed by atoms with van der Waals surface area (Å²) in [6, 6.07) is 8.12. The van der Waals surface area contributed by atoms with E-state index in [9.17, 15) is 0 Å². The highest BCUT2D eigenvalue weighted by Crippen LogP contribution is 2.34. The molecule has 1 aliphatic heterocycles. The fourth-order valence-electron chi connectivity index (χ4n) is 2.61. The summed E-state index contributed by atoms with van der Waals surface area (Å²) in [5.41, 5.74) is 8.18. The van der Waals surface area contributed by atoms with Crippen LogP contribution in [-0.2, 0) is 0 Å². The first-order chi connectivity index (χ1) is 10.3. The van der Waals surface area contributed by atoms with Crippen LogP contribution in [-0.4, -0.2) is 26.5 Å². The van der Waals surface area contributed by atoms with Crippen LogP contribution in [0.15, 0.2) is 30.6 Å². The molecule has 0 spiro atoms. The van der Waals surface area contributed by atoms with E-state index in [0.29, 0.717) is 18.1 Å². The molecule has 7 nitrogen and oxygen atoms in total. The lowest BCUT2D eigenvalue weighted by Crippen LogP contribution is -2.21. The number of nitrogens with one attached hydrogen (secondary N) is 2. The molecule has 106 valence electrons. The van der Waals surface area contributed by atoms with Gasteiger partial charge in [-0.3, -0.25) is 0 Å². The second kappa shape index (κ2) is 4.62. The van der Waals surface area contributed by atoms with Crippen LogP contribution in [0.2, 0.25) is 0 Å². The number of nitrogen functional groups attached to an aromatic ring is 1. The molecular formula is C14H14N6O. The average Bonchev–Trinajstić information content (AvgIpc) is 2.96. The van der Waals surface area contributed by atoms with Gasteiger partial charge in [0.05, 0.1) is 19.0 Å². The number of aromatic nitrogens is 4. The molecule has 2 aromatic heterocycles. The Morgan fingerprint density at radius 1 is 1.29 bits per heavy atom. The van der Waals surface area contributed by atoms with Gasteiger partial charge in [-0.15, -0.1) is 0 Å². The number of fused-ring (bicyclic) bond motifs is 2. The minimum Gasteiger partial charge on any atom is -0.493 e. The number of nitrogens with two attached hydrogens (primary N) is 1. The van der Waals surface area contributed by atoms with Crippen LogP contribution in [0.4, 0.5) is 11.8 Å². The number of para-hydroxylation sites is 1. The van der Waals surface area contributed by atoms with Crippen LogP contribution in [0.5, 0.6) is 5.75 Å². The lowest BCUT2D eigenvalue weighted by Gasteiger charge is -2.27. The molecule has 0 saturated heterocycles. The Labute approximate surface area is 120 Å². The number of nitrogens with zero attached hydrogens (tertiary/aromatic N) is 3. The van der Waals surface area contributed by atoms with Gasteiger partial charge in [0.25, 0.3) is 0 Å². The zero-order chi connectivity index (χ0) is 14.2. The van der Waals surface area contributed by atoms with Gasteiger partial charge in [0, 0.05) is 12.0 Å². The molecule has 0 fully saturated rings. The third kappa shape index (κ3) is 2.03. The molecule has 0 saturated carbocycles. The van der Waals surface area contributed by atoms with Crippen molar-refractivity contribution in [2.75, 3.05) is 17.7 Å². The molecule has 4 rings (SSSR count). The summed E-state index contributed by atoms with van der Waals surface area (Å²) in [6.45, 7) is 0.668. The van der Waals surface area contributed by atoms with Crippen molar-refractivity contribution in [2.45, 2.75) is 12.5 Å². The zero-order valence-corrected chi connectivity index (χ0v) is 11.2. The van der Waals surface area contributed by atoms with Crippen molar-refractivity contribution in [3.63, 3.8) is 0 Å². The van der Waals surface area contributed by atoms with Gasteiger partial charge in [-0.2, -0.15) is 9.97 Å². The fourth-order valence-corrected chi connectivity index (χ4v) is 2.61. The number of rotatable bonds is 2. The lowest BCUT2D eigenvalue weighted by molar-refractivity contribution is 0.274. The second-order valence-corrected chi connectivity index (χ2v) is 4.90. The maximum Gasteiger partial charge on any atom is 0.224 e. The van der Waals surface area contributed by atoms with E-state index in [2.05, 4.69) is 31.3 Å². The highest BCUT2D eigenvalue weighted by atomic mass is 16.5. The molecule has 1 aromatic carbocycles. The minimum absolute atomic E-state index is 0.121. The summed E-state index contributed by atoms with van der Waals surface area (Å²) < 4.78 is 5.67. The molecule has 0 aliphatic carbocycles. The Morgan fingerprint density at radius 3 is 3.14 bits per heavy atom. The van der Waals surface area contributed by atoms with Crippen LogP contribution in [0.25, 0.3) is 11.2 Å². The van der Waals surface area contributed by atoms with Crippen molar-refractivity contribution in [1.29, 1.82) is 0 Å². The Kier molecular flexibility index (Phi) is 2.63. The smallest absolute Gasteiger partial charge is 0.224 e. The summed E-state index contributed by atoms with van der Waals surface area (Å²) in [4.78, 5) is 15.5. The van der Waals surface area contributed by atoms with Gasteiger partial charge >= 0.3 is 0 Å². The zero-order valence-electron chi connectivity index (χ0n) is 11.2. The average molecular weight is 282 g/mol. The van der Waals surface area contributed by atoms with Gasteiger partial charge < -0.3 is 20.8 Å². The number of aromatic amines is 1. The first-order valence-electron chi connectivity index (χ1n) is 6.76. The molecule has 0 radical (unpaired) electrons. The molecule has 21 heavy (non-hydrogen) atoms. The molecule has 4 N–H and O–H groups in total. The predicted molar refractivity (Wildman–Crippen MR) is 79.0 cm³/mol. The van der Waals surface area contributed by atoms with Crippen molar-refractivity contribution in [2.24, 2.45) is 0 Å². The van der Waals surface area contributed by atoms with E-state index >= 15 is 0 Å². The first kappa shape index (κ1) is 12.0. The standard InChI is InChI=1S/C14H14N6O/c15-14-19-12-11(16-7-17-12)13(20-14)18-9-5-6-21-10-4-2-1-3-8(9)10/h1-4,7,9H,5-6H2,(H4,15,16,17,18,19,20). The quantitative estimate of drug-likeness (QED) is 0.663. The monoisotopic (exact) mass is 282 g/mol. The number of ether oxygens (including phenoxy) is 1. The Morgan fingerprint density at radius 2 is 2.19 bits per heavy atom. The molecule has 0 bridgehead atoms. The van der Waals surface area contributed by atoms with E-state index in [1.54, 1.807) is 6.33 Å². The van der Waals surface area contributed by atoms with Crippen LogP contribution < -0.4 is 15.8 Å². The van der Waals surface area contributed by atoms with Crippen molar-refractivity contribution >= 4 is 22.9 Å². The molecular weight excluding hydrogens is 268 g/mol. The van der Waals surface area contributed by atoms with Crippen molar-refractivity contribution in [3.8, 4) is 5.75 Å². The molecule has 7 heteroatoms. The van der Waals surface area contributed by atoms with E-state index < -0.39 is 0 Å². The Hall–Kier alpha value is -2.83. The summed E-state index contributed by atoms with van der Waals surface area (Å²) >= 11 is 0.